The minimum atomic E-state index is 0.173. The molecular weight excluding hydrogens is 214 g/mol. The number of hydrogen-bond acceptors (Lipinski definition) is 4. The Morgan fingerprint density at radius 2 is 2.18 bits per heavy atom. The molecule has 0 spiro atoms. The molecule has 0 amide bonds. The monoisotopic (exact) mass is 231 g/mol. The maximum Gasteiger partial charge on any atom is 0.179 e. The van der Waals surface area contributed by atoms with E-state index in [9.17, 15) is 0 Å². The van der Waals surface area contributed by atoms with E-state index in [1.807, 2.05) is 6.20 Å². The third-order valence-corrected chi connectivity index (χ3v) is 3.93. The summed E-state index contributed by atoms with van der Waals surface area (Å²) < 4.78 is 2.09. The van der Waals surface area contributed by atoms with Crippen molar-refractivity contribution in [1.29, 1.82) is 0 Å². The third kappa shape index (κ3) is 1.61. The molecule has 2 aromatic rings. The lowest BCUT2D eigenvalue weighted by Gasteiger charge is -2.35. The molecule has 1 saturated heterocycles. The van der Waals surface area contributed by atoms with Crippen molar-refractivity contribution < 1.29 is 0 Å². The van der Waals surface area contributed by atoms with Gasteiger partial charge in [-0.15, -0.1) is 10.2 Å². The fourth-order valence-corrected chi connectivity index (χ4v) is 2.76. The molecular formula is C12H17N5. The first-order valence-electron chi connectivity index (χ1n) is 6.22. The Labute approximate surface area is 100 Å². The van der Waals surface area contributed by atoms with Crippen LogP contribution in [0.15, 0.2) is 18.6 Å². The predicted molar refractivity (Wildman–Crippen MR) is 64.9 cm³/mol. The fraction of sp³-hybridized carbons (Fsp3) is 0.583. The Morgan fingerprint density at radius 3 is 2.94 bits per heavy atom. The Kier molecular flexibility index (Phi) is 2.55. The highest BCUT2D eigenvalue weighted by Gasteiger charge is 2.36. The van der Waals surface area contributed by atoms with E-state index >= 15 is 0 Å². The fourth-order valence-electron chi connectivity index (χ4n) is 2.76. The zero-order valence-electron chi connectivity index (χ0n) is 10.1. The Bertz CT molecular complexity index is 512. The van der Waals surface area contributed by atoms with Crippen molar-refractivity contribution in [3.63, 3.8) is 0 Å². The number of aromatic nitrogens is 4. The number of piperidine rings is 1. The topological polar surface area (TPSA) is 55.1 Å². The van der Waals surface area contributed by atoms with Crippen molar-refractivity contribution in [2.24, 2.45) is 0 Å². The average Bonchev–Trinajstić information content (AvgIpc) is 2.84. The Morgan fingerprint density at radius 1 is 1.35 bits per heavy atom. The lowest BCUT2D eigenvalue weighted by atomic mass is 9.76. The van der Waals surface area contributed by atoms with E-state index in [0.717, 1.165) is 43.8 Å². The first-order chi connectivity index (χ1) is 8.36. The number of nitrogens with one attached hydrogen (secondary N) is 1. The van der Waals surface area contributed by atoms with Crippen LogP contribution in [-0.2, 0) is 5.41 Å². The van der Waals surface area contributed by atoms with E-state index in [2.05, 4.69) is 31.8 Å². The minimum absolute atomic E-state index is 0.173. The highest BCUT2D eigenvalue weighted by atomic mass is 15.3. The molecule has 1 N–H and O–H groups in total. The zero-order valence-corrected chi connectivity index (χ0v) is 10.1. The summed E-state index contributed by atoms with van der Waals surface area (Å²) in [6.45, 7) is 4.37. The minimum Gasteiger partial charge on any atom is -0.317 e. The summed E-state index contributed by atoms with van der Waals surface area (Å²) in [5.41, 5.74) is 1.01. The second kappa shape index (κ2) is 4.07. The molecule has 2 aromatic heterocycles. The average molecular weight is 231 g/mol. The molecule has 3 heterocycles. The van der Waals surface area contributed by atoms with Crippen molar-refractivity contribution in [3.05, 3.63) is 24.4 Å². The van der Waals surface area contributed by atoms with Crippen LogP contribution in [0.25, 0.3) is 5.65 Å². The van der Waals surface area contributed by atoms with Crippen LogP contribution in [0.5, 0.6) is 0 Å². The number of nitrogens with zero attached hydrogens (tertiary/aromatic N) is 4. The van der Waals surface area contributed by atoms with Crippen molar-refractivity contribution >= 4 is 5.65 Å². The van der Waals surface area contributed by atoms with Gasteiger partial charge in [-0.1, -0.05) is 6.92 Å². The highest BCUT2D eigenvalue weighted by molar-refractivity contribution is 5.35. The van der Waals surface area contributed by atoms with Crippen LogP contribution in [0, 0.1) is 0 Å². The van der Waals surface area contributed by atoms with Crippen molar-refractivity contribution in [1.82, 2.24) is 24.9 Å². The van der Waals surface area contributed by atoms with Crippen LogP contribution in [0.2, 0.25) is 0 Å². The Balaban J connectivity index is 2.12. The Hall–Kier alpha value is -1.49. The van der Waals surface area contributed by atoms with Crippen molar-refractivity contribution in [3.8, 4) is 0 Å². The second-order valence-corrected chi connectivity index (χ2v) is 4.71. The molecule has 0 aromatic carbocycles. The molecule has 5 nitrogen and oxygen atoms in total. The van der Waals surface area contributed by atoms with Gasteiger partial charge in [-0.3, -0.25) is 9.38 Å². The summed E-state index contributed by atoms with van der Waals surface area (Å²) >= 11 is 0. The van der Waals surface area contributed by atoms with Gasteiger partial charge in [0.15, 0.2) is 5.65 Å². The van der Waals surface area contributed by atoms with Gasteiger partial charge in [0.2, 0.25) is 0 Å². The third-order valence-electron chi connectivity index (χ3n) is 3.93. The maximum atomic E-state index is 4.41. The van der Waals surface area contributed by atoms with E-state index < -0.39 is 0 Å². The number of rotatable bonds is 2. The second-order valence-electron chi connectivity index (χ2n) is 4.71. The normalized spacial score (nSPS) is 19.6. The summed E-state index contributed by atoms with van der Waals surface area (Å²) in [6, 6.07) is 0. The van der Waals surface area contributed by atoms with E-state index in [4.69, 9.17) is 0 Å². The van der Waals surface area contributed by atoms with Gasteiger partial charge >= 0.3 is 0 Å². The van der Waals surface area contributed by atoms with Gasteiger partial charge in [0.1, 0.15) is 5.82 Å². The van der Waals surface area contributed by atoms with Crippen LogP contribution in [0.3, 0.4) is 0 Å². The lowest BCUT2D eigenvalue weighted by molar-refractivity contribution is 0.280. The van der Waals surface area contributed by atoms with Crippen LogP contribution in [0.4, 0.5) is 0 Å². The molecule has 1 fully saturated rings. The van der Waals surface area contributed by atoms with Crippen molar-refractivity contribution in [2.75, 3.05) is 13.1 Å². The first-order valence-corrected chi connectivity index (χ1v) is 6.22. The molecule has 0 atom stereocenters. The molecule has 1 aliphatic rings. The first kappa shape index (κ1) is 10.7. The molecule has 0 bridgehead atoms. The largest absolute Gasteiger partial charge is 0.317 e. The summed E-state index contributed by atoms with van der Waals surface area (Å²) in [5.74, 6) is 1.10. The molecule has 3 rings (SSSR count). The zero-order chi connectivity index (χ0) is 11.7. The highest BCUT2D eigenvalue weighted by Crippen LogP contribution is 2.35. The molecule has 0 unspecified atom stereocenters. The van der Waals surface area contributed by atoms with Crippen LogP contribution in [0.1, 0.15) is 32.0 Å². The van der Waals surface area contributed by atoms with E-state index in [1.54, 1.807) is 12.4 Å². The van der Waals surface area contributed by atoms with Crippen LogP contribution >= 0.6 is 0 Å². The van der Waals surface area contributed by atoms with Crippen molar-refractivity contribution in [2.45, 2.75) is 31.6 Å². The summed E-state index contributed by atoms with van der Waals surface area (Å²) in [7, 11) is 0. The lowest BCUT2D eigenvalue weighted by Crippen LogP contribution is -2.40. The number of fused-ring (bicyclic) bond motifs is 1. The van der Waals surface area contributed by atoms with Gasteiger partial charge in [-0.25, -0.2) is 0 Å². The molecule has 0 radical (unpaired) electrons. The maximum absolute atomic E-state index is 4.41. The predicted octanol–water partition coefficient (Wildman–Crippen LogP) is 1.16. The molecule has 90 valence electrons. The van der Waals surface area contributed by atoms with E-state index in [1.165, 1.54) is 0 Å². The number of hydrogen-bond donors (Lipinski definition) is 1. The van der Waals surface area contributed by atoms with Gasteiger partial charge in [0.05, 0.1) is 6.20 Å². The molecule has 1 aliphatic heterocycles. The summed E-state index contributed by atoms with van der Waals surface area (Å²) in [5, 5.41) is 12.0. The van der Waals surface area contributed by atoms with Crippen LogP contribution in [-0.4, -0.2) is 32.7 Å². The van der Waals surface area contributed by atoms with Crippen LogP contribution < -0.4 is 5.32 Å². The van der Waals surface area contributed by atoms with E-state index in [0.29, 0.717) is 0 Å². The van der Waals surface area contributed by atoms with Gasteiger partial charge in [0, 0.05) is 17.8 Å². The molecule has 0 saturated carbocycles. The standard InChI is InChI=1S/C12H17N5/c1-2-12(3-5-13-6-4-12)11-16-15-10-9-14-7-8-17(10)11/h7-9,13H,2-6H2,1H3. The SMILES string of the molecule is CCC1(c2nnc3cnccn23)CCNCC1. The molecule has 17 heavy (non-hydrogen) atoms. The summed E-state index contributed by atoms with van der Waals surface area (Å²) in [4.78, 5) is 4.08. The van der Waals surface area contributed by atoms with Gasteiger partial charge in [-0.2, -0.15) is 0 Å². The van der Waals surface area contributed by atoms with Gasteiger partial charge < -0.3 is 5.32 Å². The summed E-state index contributed by atoms with van der Waals surface area (Å²) in [6.07, 6.45) is 8.90. The molecule has 5 heteroatoms. The van der Waals surface area contributed by atoms with E-state index in [-0.39, 0.29) is 5.41 Å². The smallest absolute Gasteiger partial charge is 0.179 e. The quantitative estimate of drug-likeness (QED) is 0.842. The van der Waals surface area contributed by atoms with Gasteiger partial charge in [0.25, 0.3) is 0 Å². The van der Waals surface area contributed by atoms with Gasteiger partial charge in [-0.05, 0) is 32.4 Å². The molecule has 0 aliphatic carbocycles.